The van der Waals surface area contributed by atoms with E-state index in [1.165, 1.54) is 6.42 Å². The molecule has 1 aliphatic rings. The Bertz CT molecular complexity index is 459. The van der Waals surface area contributed by atoms with E-state index in [1.54, 1.807) is 0 Å². The van der Waals surface area contributed by atoms with E-state index >= 15 is 0 Å². The fourth-order valence-corrected chi connectivity index (χ4v) is 2.74. The second-order valence-electron chi connectivity index (χ2n) is 4.21. The van der Waals surface area contributed by atoms with Gasteiger partial charge >= 0.3 is 0 Å². The van der Waals surface area contributed by atoms with Gasteiger partial charge in [0.25, 0.3) is 0 Å². The van der Waals surface area contributed by atoms with Crippen LogP contribution in [0.15, 0.2) is 17.1 Å². The van der Waals surface area contributed by atoms with Gasteiger partial charge in [-0.3, -0.25) is 0 Å². The Morgan fingerprint density at radius 3 is 2.88 bits per heavy atom. The topological polar surface area (TPSA) is 35.2 Å². The highest BCUT2D eigenvalue weighted by atomic mass is 79.9. The molecule has 0 saturated carbocycles. The van der Waals surface area contributed by atoms with Gasteiger partial charge in [0.15, 0.2) is 0 Å². The molecule has 0 unspecified atom stereocenters. The Hall–Kier alpha value is -0.670. The van der Waals surface area contributed by atoms with Crippen LogP contribution in [0.4, 0.5) is 0 Å². The third-order valence-corrected chi connectivity index (χ3v) is 4.26. The van der Waals surface area contributed by atoms with Gasteiger partial charge in [-0.2, -0.15) is 0 Å². The van der Waals surface area contributed by atoms with Crippen molar-refractivity contribution in [1.29, 1.82) is 0 Å². The second kappa shape index (κ2) is 5.32. The number of rotatable bonds is 1. The molecule has 1 aliphatic heterocycles. The molecule has 2 rings (SSSR count). The SMILES string of the molecule is C=C(N)c1cc(Cl)c(Br)c2c1CCCCCO2. The molecule has 0 bridgehead atoms. The van der Waals surface area contributed by atoms with Gasteiger partial charge in [0.2, 0.25) is 0 Å². The summed E-state index contributed by atoms with van der Waals surface area (Å²) in [4.78, 5) is 0. The van der Waals surface area contributed by atoms with Gasteiger partial charge in [0.05, 0.1) is 16.1 Å². The van der Waals surface area contributed by atoms with Crippen LogP contribution in [-0.4, -0.2) is 6.61 Å². The number of halogens is 2. The summed E-state index contributed by atoms with van der Waals surface area (Å²) in [6.07, 6.45) is 4.36. The van der Waals surface area contributed by atoms with E-state index in [0.29, 0.717) is 10.7 Å². The van der Waals surface area contributed by atoms with Gasteiger partial charge in [-0.1, -0.05) is 18.2 Å². The minimum atomic E-state index is 0.542. The Kier molecular flexibility index (Phi) is 4.00. The molecule has 0 saturated heterocycles. The molecule has 1 heterocycles. The Balaban J connectivity index is 2.59. The first kappa shape index (κ1) is 12.8. The Morgan fingerprint density at radius 1 is 1.41 bits per heavy atom. The fraction of sp³-hybridized carbons (Fsp3) is 0.385. The summed E-state index contributed by atoms with van der Waals surface area (Å²) in [5.41, 5.74) is 8.40. The number of fused-ring (bicyclic) bond motifs is 1. The second-order valence-corrected chi connectivity index (χ2v) is 5.41. The standard InChI is InChI=1S/C13H15BrClNO/c1-8(16)10-7-11(15)12(14)13-9(10)5-3-2-4-6-17-13/h7H,1-6,16H2. The maximum absolute atomic E-state index is 6.17. The fourth-order valence-electron chi connectivity index (χ4n) is 2.08. The highest BCUT2D eigenvalue weighted by molar-refractivity contribution is 9.10. The molecule has 92 valence electrons. The van der Waals surface area contributed by atoms with Crippen molar-refractivity contribution in [1.82, 2.24) is 0 Å². The van der Waals surface area contributed by atoms with Crippen molar-refractivity contribution in [2.24, 2.45) is 5.73 Å². The number of hydrogen-bond donors (Lipinski definition) is 1. The molecule has 0 radical (unpaired) electrons. The molecule has 0 aromatic heterocycles. The van der Waals surface area contributed by atoms with Crippen molar-refractivity contribution in [3.05, 3.63) is 33.3 Å². The smallest absolute Gasteiger partial charge is 0.138 e. The summed E-state index contributed by atoms with van der Waals surface area (Å²) >= 11 is 9.65. The lowest BCUT2D eigenvalue weighted by atomic mass is 9.97. The predicted octanol–water partition coefficient (Wildman–Crippen LogP) is 4.14. The van der Waals surface area contributed by atoms with Crippen LogP contribution < -0.4 is 10.5 Å². The van der Waals surface area contributed by atoms with Gasteiger partial charge in [-0.05, 0) is 47.7 Å². The van der Waals surface area contributed by atoms with Crippen LogP contribution >= 0.6 is 27.5 Å². The highest BCUT2D eigenvalue weighted by Gasteiger charge is 2.19. The molecule has 0 aliphatic carbocycles. The largest absolute Gasteiger partial charge is 0.492 e. The molecule has 1 aromatic rings. The summed E-state index contributed by atoms with van der Waals surface area (Å²) in [6.45, 7) is 4.53. The average Bonchev–Trinajstić information content (AvgIpc) is 2.24. The summed E-state index contributed by atoms with van der Waals surface area (Å²) in [5, 5.41) is 0.617. The third-order valence-electron chi connectivity index (χ3n) is 2.94. The number of nitrogens with two attached hydrogens (primary N) is 1. The zero-order chi connectivity index (χ0) is 12.4. The zero-order valence-electron chi connectivity index (χ0n) is 9.56. The number of ether oxygens (including phenoxy) is 1. The number of benzene rings is 1. The van der Waals surface area contributed by atoms with E-state index in [-0.39, 0.29) is 0 Å². The van der Waals surface area contributed by atoms with Crippen molar-refractivity contribution in [3.8, 4) is 5.75 Å². The zero-order valence-corrected chi connectivity index (χ0v) is 11.9. The summed E-state index contributed by atoms with van der Waals surface area (Å²) < 4.78 is 6.62. The lowest BCUT2D eigenvalue weighted by Crippen LogP contribution is -2.09. The average molecular weight is 317 g/mol. The van der Waals surface area contributed by atoms with E-state index in [9.17, 15) is 0 Å². The van der Waals surface area contributed by atoms with Crippen LogP contribution in [0.1, 0.15) is 30.4 Å². The first-order valence-corrected chi connectivity index (χ1v) is 6.86. The highest BCUT2D eigenvalue weighted by Crippen LogP contribution is 2.40. The molecular weight excluding hydrogens is 302 g/mol. The van der Waals surface area contributed by atoms with Gasteiger partial charge in [-0.15, -0.1) is 0 Å². The summed E-state index contributed by atoms with van der Waals surface area (Å²) in [5.74, 6) is 0.832. The summed E-state index contributed by atoms with van der Waals surface area (Å²) in [6, 6.07) is 1.86. The molecule has 2 nitrogen and oxygen atoms in total. The summed E-state index contributed by atoms with van der Waals surface area (Å²) in [7, 11) is 0. The van der Waals surface area contributed by atoms with Gasteiger partial charge in [-0.25, -0.2) is 0 Å². The van der Waals surface area contributed by atoms with Crippen molar-refractivity contribution in [2.75, 3.05) is 6.61 Å². The van der Waals surface area contributed by atoms with Crippen LogP contribution in [0.3, 0.4) is 0 Å². The van der Waals surface area contributed by atoms with E-state index in [1.807, 2.05) is 6.07 Å². The van der Waals surface area contributed by atoms with E-state index < -0.39 is 0 Å². The Morgan fingerprint density at radius 2 is 2.18 bits per heavy atom. The van der Waals surface area contributed by atoms with Crippen molar-refractivity contribution in [3.63, 3.8) is 0 Å². The first-order chi connectivity index (χ1) is 8.11. The lowest BCUT2D eigenvalue weighted by Gasteiger charge is -2.20. The van der Waals surface area contributed by atoms with Crippen LogP contribution in [0.2, 0.25) is 5.02 Å². The van der Waals surface area contributed by atoms with Crippen molar-refractivity contribution < 1.29 is 4.74 Å². The van der Waals surface area contributed by atoms with Crippen LogP contribution in [0.25, 0.3) is 5.70 Å². The maximum Gasteiger partial charge on any atom is 0.138 e. The molecule has 17 heavy (non-hydrogen) atoms. The molecule has 1 aromatic carbocycles. The third kappa shape index (κ3) is 2.61. The molecule has 4 heteroatoms. The van der Waals surface area contributed by atoms with Crippen LogP contribution in [0.5, 0.6) is 5.75 Å². The van der Waals surface area contributed by atoms with E-state index in [0.717, 1.165) is 47.2 Å². The molecule has 0 fully saturated rings. The first-order valence-electron chi connectivity index (χ1n) is 5.69. The van der Waals surface area contributed by atoms with Crippen LogP contribution in [-0.2, 0) is 6.42 Å². The molecular formula is C13H15BrClNO. The van der Waals surface area contributed by atoms with Crippen LogP contribution in [0, 0.1) is 0 Å². The molecule has 0 amide bonds. The predicted molar refractivity (Wildman–Crippen MR) is 75.4 cm³/mol. The van der Waals surface area contributed by atoms with E-state index in [4.69, 9.17) is 22.1 Å². The molecule has 2 N–H and O–H groups in total. The Labute approximate surface area is 115 Å². The van der Waals surface area contributed by atoms with E-state index in [2.05, 4.69) is 22.5 Å². The quantitative estimate of drug-likeness (QED) is 0.845. The van der Waals surface area contributed by atoms with Gasteiger partial charge in [0.1, 0.15) is 5.75 Å². The van der Waals surface area contributed by atoms with Gasteiger partial charge < -0.3 is 10.5 Å². The van der Waals surface area contributed by atoms with Crippen molar-refractivity contribution >= 4 is 33.2 Å². The number of hydrogen-bond acceptors (Lipinski definition) is 2. The monoisotopic (exact) mass is 315 g/mol. The lowest BCUT2D eigenvalue weighted by molar-refractivity contribution is 0.292. The molecule has 0 atom stereocenters. The molecule has 0 spiro atoms. The normalized spacial score (nSPS) is 15.4. The van der Waals surface area contributed by atoms with Gasteiger partial charge in [0, 0.05) is 16.8 Å². The minimum absolute atomic E-state index is 0.542. The minimum Gasteiger partial charge on any atom is -0.492 e. The maximum atomic E-state index is 6.17. The van der Waals surface area contributed by atoms with Crippen molar-refractivity contribution in [2.45, 2.75) is 25.7 Å².